The van der Waals surface area contributed by atoms with E-state index in [1.807, 2.05) is 0 Å². The Labute approximate surface area is 169 Å². The molecule has 0 radical (unpaired) electrons. The van der Waals surface area contributed by atoms with E-state index in [1.165, 1.54) is 24.3 Å². The molecule has 11 heteroatoms. The van der Waals surface area contributed by atoms with Gasteiger partial charge in [-0.25, -0.2) is 4.90 Å². The zero-order valence-corrected chi connectivity index (χ0v) is 15.8. The summed E-state index contributed by atoms with van der Waals surface area (Å²) in [4.78, 5) is 60.8. The first-order valence-corrected chi connectivity index (χ1v) is 8.99. The van der Waals surface area contributed by atoms with Gasteiger partial charge in [-0.3, -0.25) is 29.3 Å². The van der Waals surface area contributed by atoms with Crippen molar-refractivity contribution in [2.45, 2.75) is 31.8 Å². The van der Waals surface area contributed by atoms with Crippen LogP contribution >= 0.6 is 0 Å². The van der Waals surface area contributed by atoms with Crippen molar-refractivity contribution in [2.75, 3.05) is 4.90 Å². The Morgan fingerprint density at radius 2 is 1.87 bits per heavy atom. The third-order valence-corrected chi connectivity index (χ3v) is 5.29. The van der Waals surface area contributed by atoms with E-state index in [-0.39, 0.29) is 11.4 Å². The number of nitro benzene ring substituents is 1. The molecule has 0 saturated carbocycles. The van der Waals surface area contributed by atoms with Crippen LogP contribution in [0.3, 0.4) is 0 Å². The highest BCUT2D eigenvalue weighted by molar-refractivity contribution is 6.23. The van der Waals surface area contributed by atoms with E-state index < -0.39 is 58.5 Å². The Morgan fingerprint density at radius 3 is 2.47 bits per heavy atom. The van der Waals surface area contributed by atoms with Crippen LogP contribution in [-0.2, 0) is 33.4 Å². The van der Waals surface area contributed by atoms with Crippen molar-refractivity contribution in [1.29, 1.82) is 0 Å². The van der Waals surface area contributed by atoms with Crippen molar-refractivity contribution in [3.8, 4) is 0 Å². The van der Waals surface area contributed by atoms with Crippen LogP contribution in [0.1, 0.15) is 13.8 Å². The fourth-order valence-electron chi connectivity index (χ4n) is 4.22. The van der Waals surface area contributed by atoms with E-state index in [0.29, 0.717) is 0 Å². The van der Waals surface area contributed by atoms with Crippen LogP contribution < -0.4 is 4.90 Å². The second-order valence-electron chi connectivity index (χ2n) is 7.14. The molecule has 0 unspecified atom stereocenters. The predicted octanol–water partition coefficient (Wildman–Crippen LogP) is 0.860. The molecular weight excluding hydrogens is 400 g/mol. The molecule has 3 aliphatic heterocycles. The zero-order chi connectivity index (χ0) is 21.8. The van der Waals surface area contributed by atoms with Crippen molar-refractivity contribution >= 4 is 35.1 Å². The van der Waals surface area contributed by atoms with Crippen molar-refractivity contribution in [3.05, 3.63) is 46.5 Å². The van der Waals surface area contributed by atoms with E-state index in [9.17, 15) is 29.3 Å². The summed E-state index contributed by atoms with van der Waals surface area (Å²) in [6, 6.07) is 5.13. The molecule has 156 valence electrons. The standard InChI is InChI=1S/C19H16N2O9/c1-9(22)28-18(29-10(2)23)19-7-6-13(30-19)14-15(19)17(25)20(16(14)24)11-4-3-5-12(8-11)21(26)27/h3-8,13-15,18H,1-2H3/t13-,14-,15+,19+/m1/s1. The lowest BCUT2D eigenvalue weighted by Crippen LogP contribution is -2.52. The van der Waals surface area contributed by atoms with Crippen LogP contribution in [0.25, 0.3) is 0 Å². The Morgan fingerprint density at radius 1 is 1.20 bits per heavy atom. The van der Waals surface area contributed by atoms with Gasteiger partial charge in [-0.15, -0.1) is 0 Å². The van der Waals surface area contributed by atoms with Gasteiger partial charge in [-0.05, 0) is 12.1 Å². The topological polar surface area (TPSA) is 142 Å². The van der Waals surface area contributed by atoms with Gasteiger partial charge < -0.3 is 14.2 Å². The molecule has 2 amide bonds. The molecule has 2 fully saturated rings. The van der Waals surface area contributed by atoms with Crippen molar-refractivity contribution in [2.24, 2.45) is 11.8 Å². The van der Waals surface area contributed by atoms with Gasteiger partial charge in [0.05, 0.1) is 28.6 Å². The fraction of sp³-hybridized carbons (Fsp3) is 0.368. The highest BCUT2D eigenvalue weighted by Crippen LogP contribution is 2.54. The lowest BCUT2D eigenvalue weighted by Gasteiger charge is -2.34. The molecule has 3 heterocycles. The summed E-state index contributed by atoms with van der Waals surface area (Å²) < 4.78 is 16.1. The van der Waals surface area contributed by atoms with Crippen LogP contribution in [0.4, 0.5) is 11.4 Å². The average molecular weight is 416 g/mol. The SMILES string of the molecule is CC(=O)OC(OC(C)=O)[C@@]12C=C[C@@H](O1)[C@H]1C(=O)N(c3cccc([N+](=O)[O-])c3)C(=O)[C@H]12. The zero-order valence-electron chi connectivity index (χ0n) is 15.8. The highest BCUT2D eigenvalue weighted by atomic mass is 16.7. The molecule has 2 saturated heterocycles. The summed E-state index contributed by atoms with van der Waals surface area (Å²) in [5.41, 5.74) is -1.91. The number of benzene rings is 1. The van der Waals surface area contributed by atoms with E-state index >= 15 is 0 Å². The van der Waals surface area contributed by atoms with Gasteiger partial charge in [0.15, 0.2) is 5.60 Å². The number of hydrogen-bond donors (Lipinski definition) is 0. The summed E-state index contributed by atoms with van der Waals surface area (Å²) in [7, 11) is 0. The van der Waals surface area contributed by atoms with Gasteiger partial charge in [0.25, 0.3) is 12.0 Å². The lowest BCUT2D eigenvalue weighted by atomic mass is 9.76. The predicted molar refractivity (Wildman–Crippen MR) is 96.6 cm³/mol. The molecule has 4 rings (SSSR count). The maximum absolute atomic E-state index is 13.3. The summed E-state index contributed by atoms with van der Waals surface area (Å²) >= 11 is 0. The molecular formula is C19H16N2O9. The molecule has 11 nitrogen and oxygen atoms in total. The molecule has 2 bridgehead atoms. The number of ether oxygens (including phenoxy) is 3. The van der Waals surface area contributed by atoms with Gasteiger partial charge in [-0.1, -0.05) is 12.1 Å². The molecule has 1 aromatic rings. The van der Waals surface area contributed by atoms with Gasteiger partial charge in [-0.2, -0.15) is 0 Å². The first-order chi connectivity index (χ1) is 14.2. The number of non-ortho nitro benzene ring substituents is 1. The largest absolute Gasteiger partial charge is 0.422 e. The molecule has 30 heavy (non-hydrogen) atoms. The second kappa shape index (κ2) is 6.73. The summed E-state index contributed by atoms with van der Waals surface area (Å²) in [5, 5.41) is 11.1. The second-order valence-corrected chi connectivity index (χ2v) is 7.14. The monoisotopic (exact) mass is 416 g/mol. The summed E-state index contributed by atoms with van der Waals surface area (Å²) in [6.07, 6.45) is 0.621. The van der Waals surface area contributed by atoms with Gasteiger partial charge in [0.2, 0.25) is 11.8 Å². The van der Waals surface area contributed by atoms with Crippen molar-refractivity contribution in [1.82, 2.24) is 0 Å². The normalized spacial score (nSPS) is 28.8. The summed E-state index contributed by atoms with van der Waals surface area (Å²) in [6.45, 7) is 2.21. The number of nitrogens with zero attached hydrogens (tertiary/aromatic N) is 2. The van der Waals surface area contributed by atoms with E-state index in [0.717, 1.165) is 24.8 Å². The van der Waals surface area contributed by atoms with E-state index in [2.05, 4.69) is 0 Å². The van der Waals surface area contributed by atoms with E-state index in [4.69, 9.17) is 14.2 Å². The number of carbonyl (C=O) groups is 4. The van der Waals surface area contributed by atoms with Crippen LogP contribution in [0.2, 0.25) is 0 Å². The molecule has 0 aromatic heterocycles. The number of hydrogen-bond acceptors (Lipinski definition) is 9. The van der Waals surface area contributed by atoms with Crippen LogP contribution in [0.15, 0.2) is 36.4 Å². The average Bonchev–Trinajstić information content (AvgIpc) is 3.32. The molecule has 3 aliphatic rings. The van der Waals surface area contributed by atoms with Crippen LogP contribution in [0, 0.1) is 22.0 Å². The molecule has 4 atom stereocenters. The maximum Gasteiger partial charge on any atom is 0.305 e. The number of carbonyl (C=O) groups excluding carboxylic acids is 4. The molecule has 0 aliphatic carbocycles. The Bertz CT molecular complexity index is 1000. The number of esters is 2. The third kappa shape index (κ3) is 2.77. The number of fused-ring (bicyclic) bond motifs is 5. The van der Waals surface area contributed by atoms with Gasteiger partial charge in [0.1, 0.15) is 0 Å². The smallest absolute Gasteiger partial charge is 0.305 e. The molecule has 1 aromatic carbocycles. The Kier molecular flexibility index (Phi) is 4.42. The molecule has 0 N–H and O–H groups in total. The minimum Gasteiger partial charge on any atom is -0.422 e. The molecule has 0 spiro atoms. The number of imide groups is 1. The Hall–Kier alpha value is -3.60. The van der Waals surface area contributed by atoms with Crippen LogP contribution in [-0.4, -0.2) is 46.7 Å². The van der Waals surface area contributed by atoms with E-state index in [1.54, 1.807) is 6.08 Å². The minimum atomic E-state index is -1.67. The van der Waals surface area contributed by atoms with Crippen molar-refractivity contribution in [3.63, 3.8) is 0 Å². The summed E-state index contributed by atoms with van der Waals surface area (Å²) in [5.74, 6) is -4.93. The number of anilines is 1. The van der Waals surface area contributed by atoms with Gasteiger partial charge in [0, 0.05) is 26.0 Å². The highest BCUT2D eigenvalue weighted by Gasteiger charge is 2.72. The minimum absolute atomic E-state index is 0.0414. The number of amides is 2. The third-order valence-electron chi connectivity index (χ3n) is 5.29. The van der Waals surface area contributed by atoms with Crippen molar-refractivity contribution < 1.29 is 38.3 Å². The number of rotatable bonds is 5. The fourth-order valence-corrected chi connectivity index (χ4v) is 4.22. The lowest BCUT2D eigenvalue weighted by molar-refractivity contribution is -0.384. The maximum atomic E-state index is 13.3. The first-order valence-electron chi connectivity index (χ1n) is 8.99. The van der Waals surface area contributed by atoms with Gasteiger partial charge >= 0.3 is 11.9 Å². The quantitative estimate of drug-likeness (QED) is 0.170. The van der Waals surface area contributed by atoms with Crippen LogP contribution in [0.5, 0.6) is 0 Å². The Balaban J connectivity index is 1.75. The first kappa shape index (κ1) is 19.7. The number of nitro groups is 1.